The zero-order chi connectivity index (χ0) is 17.5. The fourth-order valence-corrected chi connectivity index (χ4v) is 2.77. The number of carbonyl (C=O) groups is 2. The number of carboxylic acids is 1. The molecular formula is C19H19ClNO3-. The maximum absolute atomic E-state index is 12.7. The molecule has 0 spiro atoms. The predicted molar refractivity (Wildman–Crippen MR) is 91.4 cm³/mol. The van der Waals surface area contributed by atoms with Crippen LogP contribution >= 0.6 is 11.6 Å². The Morgan fingerprint density at radius 1 is 1.04 bits per heavy atom. The van der Waals surface area contributed by atoms with Gasteiger partial charge in [0.2, 0.25) is 5.91 Å². The van der Waals surface area contributed by atoms with Crippen LogP contribution in [0.3, 0.4) is 0 Å². The molecule has 126 valence electrons. The molecule has 1 amide bonds. The Morgan fingerprint density at radius 3 is 2.21 bits per heavy atom. The predicted octanol–water partition coefficient (Wildman–Crippen LogP) is 2.83. The van der Waals surface area contributed by atoms with Crippen LogP contribution < -0.4 is 10.4 Å². The van der Waals surface area contributed by atoms with Gasteiger partial charge in [-0.15, -0.1) is 0 Å². The molecule has 0 aliphatic heterocycles. The molecule has 24 heavy (non-hydrogen) atoms. The summed E-state index contributed by atoms with van der Waals surface area (Å²) in [5, 5.41) is 14.4. The summed E-state index contributed by atoms with van der Waals surface area (Å²) in [5.74, 6) is -1.75. The van der Waals surface area contributed by atoms with Crippen molar-refractivity contribution in [2.45, 2.75) is 31.7 Å². The Bertz CT molecular complexity index is 686. The second kappa shape index (κ2) is 8.50. The fraction of sp³-hybridized carbons (Fsp3) is 0.263. The van der Waals surface area contributed by atoms with Crippen LogP contribution in [0.5, 0.6) is 0 Å². The fourth-order valence-electron chi connectivity index (χ4n) is 2.64. The Balaban J connectivity index is 2.20. The number of nitrogens with one attached hydrogen (secondary N) is 1. The summed E-state index contributed by atoms with van der Waals surface area (Å²) in [4.78, 5) is 23.7. The van der Waals surface area contributed by atoms with Gasteiger partial charge in [-0.25, -0.2) is 0 Å². The van der Waals surface area contributed by atoms with E-state index in [1.54, 1.807) is 24.3 Å². The van der Waals surface area contributed by atoms with Gasteiger partial charge in [0.15, 0.2) is 0 Å². The van der Waals surface area contributed by atoms with Crippen molar-refractivity contribution in [3.63, 3.8) is 0 Å². The number of rotatable bonds is 7. The summed E-state index contributed by atoms with van der Waals surface area (Å²) in [7, 11) is 0. The van der Waals surface area contributed by atoms with E-state index in [-0.39, 0.29) is 18.2 Å². The van der Waals surface area contributed by atoms with Crippen molar-refractivity contribution in [3.05, 3.63) is 70.7 Å². The Hall–Kier alpha value is -2.33. The van der Waals surface area contributed by atoms with Gasteiger partial charge in [0.1, 0.15) is 0 Å². The van der Waals surface area contributed by atoms with E-state index in [0.717, 1.165) is 5.56 Å². The maximum atomic E-state index is 12.7. The zero-order valence-corrected chi connectivity index (χ0v) is 14.1. The summed E-state index contributed by atoms with van der Waals surface area (Å²) in [6.45, 7) is 1.92. The molecule has 0 aliphatic carbocycles. The molecule has 2 atom stereocenters. The first kappa shape index (κ1) is 18.0. The van der Waals surface area contributed by atoms with Gasteiger partial charge in [0.05, 0.1) is 12.0 Å². The van der Waals surface area contributed by atoms with Crippen molar-refractivity contribution < 1.29 is 14.7 Å². The molecule has 0 bridgehead atoms. The monoisotopic (exact) mass is 344 g/mol. The van der Waals surface area contributed by atoms with Crippen molar-refractivity contribution in [1.82, 2.24) is 5.32 Å². The number of carbonyl (C=O) groups excluding carboxylic acids is 2. The van der Waals surface area contributed by atoms with E-state index in [4.69, 9.17) is 11.6 Å². The standard InChI is InChI=1S/C19H20ClNO3/c1-2-16(13-6-4-3-5-7-13)19(24)21-17(12-18(22)23)14-8-10-15(20)11-9-14/h3-11,16-17H,2,12H2,1H3,(H,21,24)(H,22,23)/p-1/t16-,17+/m1/s1. The summed E-state index contributed by atoms with van der Waals surface area (Å²) < 4.78 is 0. The summed E-state index contributed by atoms with van der Waals surface area (Å²) in [6, 6.07) is 15.5. The van der Waals surface area contributed by atoms with Crippen LogP contribution in [0.15, 0.2) is 54.6 Å². The van der Waals surface area contributed by atoms with Crippen LogP contribution in [0.1, 0.15) is 42.9 Å². The minimum absolute atomic E-state index is 0.204. The quantitative estimate of drug-likeness (QED) is 0.839. The number of benzene rings is 2. The van der Waals surface area contributed by atoms with E-state index in [2.05, 4.69) is 5.32 Å². The van der Waals surface area contributed by atoms with E-state index in [9.17, 15) is 14.7 Å². The summed E-state index contributed by atoms with van der Waals surface area (Å²) in [5.41, 5.74) is 1.58. The third-order valence-corrected chi connectivity index (χ3v) is 4.14. The number of aliphatic carboxylic acids is 1. The molecule has 4 nitrogen and oxygen atoms in total. The van der Waals surface area contributed by atoms with Gasteiger partial charge in [-0.1, -0.05) is 61.0 Å². The van der Waals surface area contributed by atoms with Gasteiger partial charge in [-0.05, 0) is 29.7 Å². The number of hydrogen-bond acceptors (Lipinski definition) is 3. The SMILES string of the molecule is CC[C@@H](C(=O)N[C@@H](CC(=O)[O-])c1ccc(Cl)cc1)c1ccccc1. The average Bonchev–Trinajstić information content (AvgIpc) is 2.56. The van der Waals surface area contributed by atoms with Crippen LogP contribution in [0.4, 0.5) is 0 Å². The third-order valence-electron chi connectivity index (χ3n) is 3.89. The van der Waals surface area contributed by atoms with Gasteiger partial charge >= 0.3 is 0 Å². The van der Waals surface area contributed by atoms with Crippen LogP contribution in [-0.4, -0.2) is 11.9 Å². The molecule has 0 aliphatic rings. The molecule has 2 aromatic carbocycles. The van der Waals surface area contributed by atoms with E-state index in [1.165, 1.54) is 0 Å². The normalized spacial score (nSPS) is 13.1. The molecule has 2 rings (SSSR count). The molecule has 0 radical (unpaired) electrons. The first-order valence-electron chi connectivity index (χ1n) is 7.82. The highest BCUT2D eigenvalue weighted by Crippen LogP contribution is 2.24. The first-order chi connectivity index (χ1) is 11.5. The lowest BCUT2D eigenvalue weighted by molar-refractivity contribution is -0.306. The second-order valence-electron chi connectivity index (χ2n) is 5.56. The van der Waals surface area contributed by atoms with Crippen LogP contribution in [0.2, 0.25) is 5.02 Å². The number of halogens is 1. The molecular weight excluding hydrogens is 326 g/mol. The van der Waals surface area contributed by atoms with Crippen molar-refractivity contribution >= 4 is 23.5 Å². The van der Waals surface area contributed by atoms with Crippen molar-refractivity contribution in [2.75, 3.05) is 0 Å². The molecule has 1 N–H and O–H groups in total. The van der Waals surface area contributed by atoms with Gasteiger partial charge in [0.25, 0.3) is 0 Å². The summed E-state index contributed by atoms with van der Waals surface area (Å²) in [6.07, 6.45) is 0.326. The highest BCUT2D eigenvalue weighted by molar-refractivity contribution is 6.30. The first-order valence-corrected chi connectivity index (χ1v) is 8.19. The van der Waals surface area contributed by atoms with Gasteiger partial charge in [0, 0.05) is 17.4 Å². The number of carboxylic acid groups (broad SMARTS) is 1. The summed E-state index contributed by atoms with van der Waals surface area (Å²) >= 11 is 5.86. The van der Waals surface area contributed by atoms with Crippen molar-refractivity contribution in [1.29, 1.82) is 0 Å². The molecule has 0 unspecified atom stereocenters. The van der Waals surface area contributed by atoms with Crippen molar-refractivity contribution in [3.8, 4) is 0 Å². The number of hydrogen-bond donors (Lipinski definition) is 1. The topological polar surface area (TPSA) is 69.2 Å². The van der Waals surface area contributed by atoms with Crippen molar-refractivity contribution in [2.24, 2.45) is 0 Å². The molecule has 0 aromatic heterocycles. The number of amides is 1. The minimum atomic E-state index is -1.22. The molecule has 0 fully saturated rings. The lowest BCUT2D eigenvalue weighted by Gasteiger charge is -2.23. The largest absolute Gasteiger partial charge is 0.550 e. The van der Waals surface area contributed by atoms with E-state index in [0.29, 0.717) is 17.0 Å². The molecule has 5 heteroatoms. The average molecular weight is 345 g/mol. The molecule has 0 heterocycles. The second-order valence-corrected chi connectivity index (χ2v) is 6.00. The highest BCUT2D eigenvalue weighted by Gasteiger charge is 2.22. The zero-order valence-electron chi connectivity index (χ0n) is 13.4. The van der Waals surface area contributed by atoms with Crippen LogP contribution in [-0.2, 0) is 9.59 Å². The van der Waals surface area contributed by atoms with Gasteiger partial charge in [-0.3, -0.25) is 4.79 Å². The minimum Gasteiger partial charge on any atom is -0.550 e. The van der Waals surface area contributed by atoms with Gasteiger partial charge in [-0.2, -0.15) is 0 Å². The highest BCUT2D eigenvalue weighted by atomic mass is 35.5. The van der Waals surface area contributed by atoms with Gasteiger partial charge < -0.3 is 15.2 Å². The Labute approximate surface area is 146 Å². The van der Waals surface area contributed by atoms with Crippen LogP contribution in [0, 0.1) is 0 Å². The lowest BCUT2D eigenvalue weighted by Crippen LogP contribution is -2.36. The Morgan fingerprint density at radius 2 is 1.67 bits per heavy atom. The Kier molecular flexibility index (Phi) is 6.38. The van der Waals surface area contributed by atoms with E-state index < -0.39 is 12.0 Å². The van der Waals surface area contributed by atoms with Crippen LogP contribution in [0.25, 0.3) is 0 Å². The molecule has 2 aromatic rings. The maximum Gasteiger partial charge on any atom is 0.228 e. The lowest BCUT2D eigenvalue weighted by atomic mass is 9.94. The third kappa shape index (κ3) is 4.83. The molecule has 0 saturated carbocycles. The smallest absolute Gasteiger partial charge is 0.228 e. The van der Waals surface area contributed by atoms with E-state index in [1.807, 2.05) is 37.3 Å². The molecule has 0 saturated heterocycles. The van der Waals surface area contributed by atoms with E-state index >= 15 is 0 Å².